The number of carbonyl (C=O) groups excluding carboxylic acids is 1. The van der Waals surface area contributed by atoms with E-state index in [1.54, 1.807) is 61.6 Å². The van der Waals surface area contributed by atoms with Crippen LogP contribution in [-0.2, 0) is 21.9 Å². The van der Waals surface area contributed by atoms with Crippen LogP contribution in [0.4, 0.5) is 11.4 Å². The molecule has 0 radical (unpaired) electrons. The number of amides is 1. The van der Waals surface area contributed by atoms with Gasteiger partial charge in [-0.2, -0.15) is 0 Å². The molecule has 1 aromatic heterocycles. The Labute approximate surface area is 207 Å². The Morgan fingerprint density at radius 1 is 1.06 bits per heavy atom. The second kappa shape index (κ2) is 9.93. The number of hydrogen-bond donors (Lipinski definition) is 1. The van der Waals surface area contributed by atoms with Crippen molar-refractivity contribution in [3.8, 4) is 5.75 Å². The highest BCUT2D eigenvalue weighted by molar-refractivity contribution is 7.92. The van der Waals surface area contributed by atoms with Gasteiger partial charge in [0.15, 0.2) is 0 Å². The third-order valence-electron chi connectivity index (χ3n) is 5.41. The van der Waals surface area contributed by atoms with Gasteiger partial charge >= 0.3 is 4.87 Å². The van der Waals surface area contributed by atoms with Crippen LogP contribution in [0.1, 0.15) is 12.5 Å². The van der Waals surface area contributed by atoms with Crippen molar-refractivity contribution in [1.82, 2.24) is 4.57 Å². The summed E-state index contributed by atoms with van der Waals surface area (Å²) in [6.45, 7) is 3.78. The lowest BCUT2D eigenvalue weighted by Gasteiger charge is -2.24. The quantitative estimate of drug-likeness (QED) is 0.383. The second-order valence-corrected chi connectivity index (χ2v) is 10.8. The Morgan fingerprint density at radius 3 is 2.40 bits per heavy atom. The number of aromatic nitrogens is 1. The molecule has 0 unspecified atom stereocenters. The molecular formula is C25H25N3O5S2. The van der Waals surface area contributed by atoms with Crippen LogP contribution in [0.5, 0.6) is 5.75 Å². The van der Waals surface area contributed by atoms with E-state index in [1.807, 2.05) is 13.8 Å². The molecule has 0 aliphatic rings. The number of nitrogens with zero attached hydrogens (tertiary/aromatic N) is 2. The predicted octanol–water partition coefficient (Wildman–Crippen LogP) is 4.14. The van der Waals surface area contributed by atoms with E-state index in [4.69, 9.17) is 4.74 Å². The lowest BCUT2D eigenvalue weighted by Crippen LogP contribution is -2.38. The SMILES string of the molecule is CCOc1ccc(S(=O)(=O)N(CC(=O)Nc2ccc3c(c2)sc(=O)n3C)c2ccc(C)cc2)cc1. The van der Waals surface area contributed by atoms with Gasteiger partial charge in [-0.25, -0.2) is 8.42 Å². The monoisotopic (exact) mass is 511 g/mol. The van der Waals surface area contributed by atoms with Crippen LogP contribution in [-0.4, -0.2) is 32.0 Å². The van der Waals surface area contributed by atoms with Crippen LogP contribution in [0.15, 0.2) is 76.4 Å². The summed E-state index contributed by atoms with van der Waals surface area (Å²) in [6, 6.07) is 18.2. The maximum absolute atomic E-state index is 13.6. The van der Waals surface area contributed by atoms with Gasteiger partial charge in [-0.05, 0) is 68.4 Å². The molecule has 4 rings (SSSR count). The minimum absolute atomic E-state index is 0.0461. The van der Waals surface area contributed by atoms with E-state index < -0.39 is 22.5 Å². The first-order valence-corrected chi connectivity index (χ1v) is 13.2. The molecule has 4 aromatic rings. The van der Waals surface area contributed by atoms with Gasteiger partial charge in [0.05, 0.1) is 27.4 Å². The standard InChI is InChI=1S/C25H25N3O5S2/c1-4-33-20-10-12-21(13-11-20)35(31,32)28(19-8-5-17(2)6-9-19)16-24(29)26-18-7-14-22-23(15-18)34-25(30)27(22)3/h5-15H,4,16H2,1-3H3,(H,26,29). The highest BCUT2D eigenvalue weighted by Gasteiger charge is 2.27. The fraction of sp³-hybridized carbons (Fsp3) is 0.200. The first-order valence-electron chi connectivity index (χ1n) is 10.9. The zero-order valence-corrected chi connectivity index (χ0v) is 21.2. The van der Waals surface area contributed by atoms with E-state index in [0.29, 0.717) is 23.7 Å². The summed E-state index contributed by atoms with van der Waals surface area (Å²) in [5.74, 6) is 0.0485. The molecule has 1 amide bonds. The molecule has 0 aliphatic heterocycles. The van der Waals surface area contributed by atoms with E-state index in [2.05, 4.69) is 5.32 Å². The smallest absolute Gasteiger partial charge is 0.307 e. The maximum Gasteiger partial charge on any atom is 0.307 e. The number of anilines is 2. The van der Waals surface area contributed by atoms with E-state index in [0.717, 1.165) is 31.4 Å². The van der Waals surface area contributed by atoms with Crippen molar-refractivity contribution < 1.29 is 17.9 Å². The topological polar surface area (TPSA) is 97.7 Å². The number of rotatable bonds is 8. The Hall–Kier alpha value is -3.63. The van der Waals surface area contributed by atoms with Crippen molar-refractivity contribution in [1.29, 1.82) is 0 Å². The van der Waals surface area contributed by atoms with Gasteiger partial charge in [-0.3, -0.25) is 13.9 Å². The number of hydrogen-bond acceptors (Lipinski definition) is 6. The highest BCUT2D eigenvalue weighted by atomic mass is 32.2. The Kier molecular flexibility index (Phi) is 6.95. The molecule has 0 bridgehead atoms. The largest absolute Gasteiger partial charge is 0.494 e. The van der Waals surface area contributed by atoms with Crippen LogP contribution in [0.3, 0.4) is 0 Å². The molecule has 0 aliphatic carbocycles. The molecule has 0 fully saturated rings. The molecule has 182 valence electrons. The summed E-state index contributed by atoms with van der Waals surface area (Å²) < 4.78 is 35.9. The Bertz CT molecular complexity index is 1520. The van der Waals surface area contributed by atoms with Crippen LogP contribution in [0.25, 0.3) is 10.2 Å². The van der Waals surface area contributed by atoms with Gasteiger partial charge in [0, 0.05) is 12.7 Å². The summed E-state index contributed by atoms with van der Waals surface area (Å²) in [7, 11) is -2.36. The van der Waals surface area contributed by atoms with Crippen molar-refractivity contribution in [2.24, 2.45) is 7.05 Å². The molecule has 0 saturated carbocycles. The molecule has 35 heavy (non-hydrogen) atoms. The van der Waals surface area contributed by atoms with Crippen LogP contribution >= 0.6 is 11.3 Å². The average Bonchev–Trinajstić information content (AvgIpc) is 3.11. The minimum Gasteiger partial charge on any atom is -0.494 e. The summed E-state index contributed by atoms with van der Waals surface area (Å²) >= 11 is 1.08. The molecule has 3 aromatic carbocycles. The first kappa shape index (κ1) is 24.5. The zero-order chi connectivity index (χ0) is 25.2. The van der Waals surface area contributed by atoms with Gasteiger partial charge in [0.2, 0.25) is 5.91 Å². The number of carbonyl (C=O) groups is 1. The predicted molar refractivity (Wildman–Crippen MR) is 139 cm³/mol. The third-order valence-corrected chi connectivity index (χ3v) is 8.19. The van der Waals surface area contributed by atoms with Crippen molar-refractivity contribution in [2.45, 2.75) is 18.7 Å². The zero-order valence-electron chi connectivity index (χ0n) is 19.5. The number of benzene rings is 3. The number of thiazole rings is 1. The van der Waals surface area contributed by atoms with Crippen molar-refractivity contribution >= 4 is 48.9 Å². The van der Waals surface area contributed by atoms with Crippen molar-refractivity contribution in [2.75, 3.05) is 22.8 Å². The van der Waals surface area contributed by atoms with E-state index >= 15 is 0 Å². The van der Waals surface area contributed by atoms with Crippen molar-refractivity contribution in [3.63, 3.8) is 0 Å². The van der Waals surface area contributed by atoms with Gasteiger partial charge in [-0.1, -0.05) is 29.0 Å². The normalized spacial score (nSPS) is 11.4. The third kappa shape index (κ3) is 5.23. The van der Waals surface area contributed by atoms with Crippen LogP contribution < -0.4 is 19.2 Å². The van der Waals surface area contributed by atoms with Gasteiger partial charge in [0.25, 0.3) is 10.0 Å². The Morgan fingerprint density at radius 2 is 1.74 bits per heavy atom. The molecule has 10 heteroatoms. The van der Waals surface area contributed by atoms with E-state index in [-0.39, 0.29) is 9.77 Å². The summed E-state index contributed by atoms with van der Waals surface area (Å²) in [6.07, 6.45) is 0. The maximum atomic E-state index is 13.6. The summed E-state index contributed by atoms with van der Waals surface area (Å²) in [5.41, 5.74) is 2.58. The lowest BCUT2D eigenvalue weighted by molar-refractivity contribution is -0.114. The molecule has 8 nitrogen and oxygen atoms in total. The number of aryl methyl sites for hydroxylation is 2. The van der Waals surface area contributed by atoms with Gasteiger partial charge < -0.3 is 14.6 Å². The summed E-state index contributed by atoms with van der Waals surface area (Å²) in [5, 5.41) is 2.75. The first-order chi connectivity index (χ1) is 16.7. The molecule has 1 N–H and O–H groups in total. The molecule has 0 saturated heterocycles. The highest BCUT2D eigenvalue weighted by Crippen LogP contribution is 2.26. The fourth-order valence-corrected chi connectivity index (χ4v) is 5.91. The van der Waals surface area contributed by atoms with Crippen LogP contribution in [0, 0.1) is 6.92 Å². The number of fused-ring (bicyclic) bond motifs is 1. The number of sulfonamides is 1. The van der Waals surface area contributed by atoms with Crippen LogP contribution in [0.2, 0.25) is 0 Å². The molecule has 1 heterocycles. The van der Waals surface area contributed by atoms with E-state index in [9.17, 15) is 18.0 Å². The van der Waals surface area contributed by atoms with Crippen molar-refractivity contribution in [3.05, 3.63) is 82.0 Å². The molecular weight excluding hydrogens is 486 g/mol. The lowest BCUT2D eigenvalue weighted by atomic mass is 10.2. The van der Waals surface area contributed by atoms with Gasteiger partial charge in [0.1, 0.15) is 12.3 Å². The molecule has 0 spiro atoms. The van der Waals surface area contributed by atoms with E-state index in [1.165, 1.54) is 16.7 Å². The second-order valence-electron chi connectivity index (χ2n) is 7.91. The van der Waals surface area contributed by atoms with Gasteiger partial charge in [-0.15, -0.1) is 0 Å². The fourth-order valence-electron chi connectivity index (χ4n) is 3.57. The Balaban J connectivity index is 1.63. The molecule has 0 atom stereocenters. The summed E-state index contributed by atoms with van der Waals surface area (Å²) in [4.78, 5) is 24.8. The average molecular weight is 512 g/mol. The number of nitrogens with one attached hydrogen (secondary N) is 1. The minimum atomic E-state index is -4.05. The number of ether oxygens (including phenoxy) is 1.